The van der Waals surface area contributed by atoms with Gasteiger partial charge in [-0.05, 0) is 29.2 Å². The molecule has 1 unspecified atom stereocenters. The Hall–Kier alpha value is -1.38. The Kier molecular flexibility index (Phi) is 7.26. The summed E-state index contributed by atoms with van der Waals surface area (Å²) in [5.41, 5.74) is 6.92. The van der Waals surface area contributed by atoms with Gasteiger partial charge in [0.15, 0.2) is 0 Å². The molecule has 3 N–H and O–H groups in total. The van der Waals surface area contributed by atoms with Crippen LogP contribution in [0.4, 0.5) is 0 Å². The summed E-state index contributed by atoms with van der Waals surface area (Å²) in [6, 6.07) is 14.2. The molecule has 1 atom stereocenters. The average Bonchev–Trinajstić information content (AvgIpc) is 2.61. The zero-order valence-electron chi connectivity index (χ0n) is 15.3. The predicted octanol–water partition coefficient (Wildman–Crippen LogP) is 5.73. The fourth-order valence-corrected chi connectivity index (χ4v) is 3.61. The smallest absolute Gasteiger partial charge is 0.0839 e. The first-order chi connectivity index (χ1) is 11.6. The van der Waals surface area contributed by atoms with Crippen LogP contribution in [0.1, 0.15) is 76.8 Å². The van der Waals surface area contributed by atoms with E-state index in [1.54, 1.807) is 0 Å². The molecule has 0 spiro atoms. The third-order valence-corrected chi connectivity index (χ3v) is 5.16. The highest BCUT2D eigenvalue weighted by atomic mass is 16.3. The standard InChI is InChI=1S/C22H33NO/c1-3-5-9-16-22(24,17-10-6-4-2)21(23)20-15-11-13-18-12-7-8-14-19(18)20/h7-8,11-15,21,24H,3-6,9-10,16-17,23H2,1-2H3. The van der Waals surface area contributed by atoms with Crippen LogP contribution in [-0.4, -0.2) is 10.7 Å². The minimum Gasteiger partial charge on any atom is -0.388 e. The summed E-state index contributed by atoms with van der Waals surface area (Å²) in [7, 11) is 0. The maximum Gasteiger partial charge on any atom is 0.0839 e. The van der Waals surface area contributed by atoms with E-state index in [1.807, 2.05) is 12.1 Å². The third kappa shape index (κ3) is 4.58. The summed E-state index contributed by atoms with van der Waals surface area (Å²) >= 11 is 0. The summed E-state index contributed by atoms with van der Waals surface area (Å²) in [6.45, 7) is 4.39. The molecule has 0 fully saturated rings. The lowest BCUT2D eigenvalue weighted by Gasteiger charge is -2.35. The van der Waals surface area contributed by atoms with Gasteiger partial charge in [0, 0.05) is 0 Å². The number of unbranched alkanes of at least 4 members (excludes halogenated alkanes) is 4. The van der Waals surface area contributed by atoms with Crippen LogP contribution in [0.5, 0.6) is 0 Å². The summed E-state index contributed by atoms with van der Waals surface area (Å²) in [6.07, 6.45) is 8.28. The van der Waals surface area contributed by atoms with Crippen molar-refractivity contribution in [1.29, 1.82) is 0 Å². The highest BCUT2D eigenvalue weighted by Gasteiger charge is 2.34. The van der Waals surface area contributed by atoms with Crippen LogP contribution in [0, 0.1) is 0 Å². The van der Waals surface area contributed by atoms with E-state index in [1.165, 1.54) is 5.39 Å². The number of rotatable bonds is 10. The van der Waals surface area contributed by atoms with Gasteiger partial charge in [0.05, 0.1) is 11.6 Å². The van der Waals surface area contributed by atoms with Crippen molar-refractivity contribution in [2.45, 2.75) is 76.9 Å². The van der Waals surface area contributed by atoms with Crippen molar-refractivity contribution in [3.05, 3.63) is 48.0 Å². The van der Waals surface area contributed by atoms with E-state index in [0.717, 1.165) is 62.3 Å². The largest absolute Gasteiger partial charge is 0.388 e. The van der Waals surface area contributed by atoms with Crippen molar-refractivity contribution < 1.29 is 5.11 Å². The highest BCUT2D eigenvalue weighted by molar-refractivity contribution is 5.86. The van der Waals surface area contributed by atoms with E-state index >= 15 is 0 Å². The molecule has 0 radical (unpaired) electrons. The molecule has 2 aromatic rings. The lowest BCUT2D eigenvalue weighted by atomic mass is 9.79. The zero-order valence-corrected chi connectivity index (χ0v) is 15.3. The molecule has 0 aromatic heterocycles. The maximum atomic E-state index is 11.4. The number of hydrogen-bond donors (Lipinski definition) is 2. The van der Waals surface area contributed by atoms with E-state index in [4.69, 9.17) is 5.73 Å². The SMILES string of the molecule is CCCCCC(O)(CCCCC)C(N)c1cccc2ccccc12. The van der Waals surface area contributed by atoms with Gasteiger partial charge in [-0.1, -0.05) is 94.8 Å². The second-order valence-electron chi connectivity index (χ2n) is 7.06. The molecule has 0 aliphatic carbocycles. The molecule has 2 heteroatoms. The first-order valence-electron chi connectivity index (χ1n) is 9.58. The van der Waals surface area contributed by atoms with Crippen LogP contribution < -0.4 is 5.73 Å². The lowest BCUT2D eigenvalue weighted by molar-refractivity contribution is -0.00722. The summed E-state index contributed by atoms with van der Waals surface area (Å²) in [5.74, 6) is 0. The monoisotopic (exact) mass is 327 g/mol. The molecule has 2 aromatic carbocycles. The Morgan fingerprint density at radius 2 is 1.46 bits per heavy atom. The Labute approximate surface area is 147 Å². The molecule has 2 nitrogen and oxygen atoms in total. The van der Waals surface area contributed by atoms with Crippen LogP contribution in [0.15, 0.2) is 42.5 Å². The van der Waals surface area contributed by atoms with Crippen molar-refractivity contribution in [1.82, 2.24) is 0 Å². The Morgan fingerprint density at radius 1 is 0.875 bits per heavy atom. The number of fused-ring (bicyclic) bond motifs is 1. The maximum absolute atomic E-state index is 11.4. The fraction of sp³-hybridized carbons (Fsp3) is 0.545. The molecule has 0 bridgehead atoms. The van der Waals surface area contributed by atoms with Crippen molar-refractivity contribution in [3.8, 4) is 0 Å². The van der Waals surface area contributed by atoms with Gasteiger partial charge in [-0.2, -0.15) is 0 Å². The van der Waals surface area contributed by atoms with Crippen LogP contribution >= 0.6 is 0 Å². The van der Waals surface area contributed by atoms with Gasteiger partial charge >= 0.3 is 0 Å². The predicted molar refractivity (Wildman–Crippen MR) is 104 cm³/mol. The van der Waals surface area contributed by atoms with Crippen molar-refractivity contribution in [3.63, 3.8) is 0 Å². The van der Waals surface area contributed by atoms with E-state index < -0.39 is 5.60 Å². The van der Waals surface area contributed by atoms with Gasteiger partial charge in [-0.25, -0.2) is 0 Å². The topological polar surface area (TPSA) is 46.2 Å². The van der Waals surface area contributed by atoms with E-state index in [2.05, 4.69) is 44.2 Å². The van der Waals surface area contributed by atoms with Crippen molar-refractivity contribution >= 4 is 10.8 Å². The summed E-state index contributed by atoms with van der Waals surface area (Å²) < 4.78 is 0. The van der Waals surface area contributed by atoms with Gasteiger partial charge < -0.3 is 10.8 Å². The van der Waals surface area contributed by atoms with E-state index in [9.17, 15) is 5.11 Å². The first-order valence-corrected chi connectivity index (χ1v) is 9.58. The van der Waals surface area contributed by atoms with Crippen LogP contribution in [0.25, 0.3) is 10.8 Å². The van der Waals surface area contributed by atoms with Crippen LogP contribution in [0.2, 0.25) is 0 Å². The summed E-state index contributed by atoms with van der Waals surface area (Å²) in [5, 5.41) is 13.8. The Bertz CT molecular complexity index is 607. The second-order valence-corrected chi connectivity index (χ2v) is 7.06. The van der Waals surface area contributed by atoms with Gasteiger partial charge in [0.25, 0.3) is 0 Å². The average molecular weight is 328 g/mol. The van der Waals surface area contributed by atoms with Crippen molar-refractivity contribution in [2.75, 3.05) is 0 Å². The lowest BCUT2D eigenvalue weighted by Crippen LogP contribution is -2.41. The van der Waals surface area contributed by atoms with Crippen molar-refractivity contribution in [2.24, 2.45) is 5.73 Å². The minimum absolute atomic E-state index is 0.336. The molecular weight excluding hydrogens is 294 g/mol. The molecule has 0 amide bonds. The normalized spacial score (nSPS) is 13.3. The molecule has 0 aliphatic heterocycles. The molecule has 132 valence electrons. The van der Waals surface area contributed by atoms with Gasteiger partial charge in [-0.15, -0.1) is 0 Å². The molecule has 2 rings (SSSR count). The summed E-state index contributed by atoms with van der Waals surface area (Å²) in [4.78, 5) is 0. The van der Waals surface area contributed by atoms with E-state index in [-0.39, 0.29) is 6.04 Å². The number of aliphatic hydroxyl groups is 1. The van der Waals surface area contributed by atoms with Gasteiger partial charge in [0.1, 0.15) is 0 Å². The van der Waals surface area contributed by atoms with Crippen LogP contribution in [-0.2, 0) is 0 Å². The third-order valence-electron chi connectivity index (χ3n) is 5.16. The van der Waals surface area contributed by atoms with Gasteiger partial charge in [0.2, 0.25) is 0 Å². The number of hydrogen-bond acceptors (Lipinski definition) is 2. The van der Waals surface area contributed by atoms with E-state index in [0.29, 0.717) is 0 Å². The fourth-order valence-electron chi connectivity index (χ4n) is 3.61. The quantitative estimate of drug-likeness (QED) is 0.547. The van der Waals surface area contributed by atoms with Crippen LogP contribution in [0.3, 0.4) is 0 Å². The first kappa shape index (κ1) is 19.0. The van der Waals surface area contributed by atoms with Gasteiger partial charge in [-0.3, -0.25) is 0 Å². The molecule has 0 saturated carbocycles. The Morgan fingerprint density at radius 3 is 2.08 bits per heavy atom. The highest BCUT2D eigenvalue weighted by Crippen LogP contribution is 2.36. The number of nitrogens with two attached hydrogens (primary N) is 1. The second kappa shape index (κ2) is 9.19. The Balaban J connectivity index is 2.28. The molecule has 24 heavy (non-hydrogen) atoms. The zero-order chi connectivity index (χ0) is 17.4. The molecule has 0 heterocycles. The number of benzene rings is 2. The molecule has 0 aliphatic rings. The molecular formula is C22H33NO. The minimum atomic E-state index is -0.811. The molecule has 0 saturated heterocycles.